The molecule has 2 atom stereocenters. The maximum absolute atomic E-state index is 13.2. The summed E-state index contributed by atoms with van der Waals surface area (Å²) in [6, 6.07) is 10.7. The minimum absolute atomic E-state index is 0.0853. The molecule has 10 heteroatoms. The first-order chi connectivity index (χ1) is 18.6. The van der Waals surface area contributed by atoms with Crippen molar-refractivity contribution in [1.29, 1.82) is 0 Å². The second-order valence-electron chi connectivity index (χ2n) is 11.3. The van der Waals surface area contributed by atoms with E-state index in [4.69, 9.17) is 4.74 Å². The largest absolute Gasteiger partial charge is 0.508 e. The van der Waals surface area contributed by atoms with Crippen molar-refractivity contribution in [2.24, 2.45) is 5.41 Å². The summed E-state index contributed by atoms with van der Waals surface area (Å²) in [5.41, 5.74) is 4.37. The number of aromatic nitrogens is 1. The van der Waals surface area contributed by atoms with Gasteiger partial charge in [-0.2, -0.15) is 12.7 Å². The summed E-state index contributed by atoms with van der Waals surface area (Å²) in [4.78, 5) is 26.2. The highest BCUT2D eigenvalue weighted by atomic mass is 32.2. The maximum Gasteiger partial charge on any atom is 0.314 e. The number of phenols is 1. The highest BCUT2D eigenvalue weighted by molar-refractivity contribution is 7.87. The number of phenolic OH excluding ortho intramolecular Hbond substituents is 1. The van der Waals surface area contributed by atoms with Crippen LogP contribution >= 0.6 is 0 Å². The second kappa shape index (κ2) is 9.09. The van der Waals surface area contributed by atoms with Gasteiger partial charge in [0.25, 0.3) is 5.91 Å². The number of carbonyl (C=O) groups is 2. The Morgan fingerprint density at radius 3 is 2.54 bits per heavy atom. The van der Waals surface area contributed by atoms with Gasteiger partial charge in [-0.25, -0.2) is 4.72 Å². The fraction of sp³-hybridized carbons (Fsp3) is 0.448. The van der Waals surface area contributed by atoms with Crippen LogP contribution in [0.25, 0.3) is 22.2 Å². The van der Waals surface area contributed by atoms with Crippen LogP contribution in [0.1, 0.15) is 71.8 Å². The monoisotopic (exact) mass is 551 g/mol. The molecule has 6 rings (SSSR count). The van der Waals surface area contributed by atoms with Gasteiger partial charge in [0, 0.05) is 48.6 Å². The first-order valence-corrected chi connectivity index (χ1v) is 14.8. The number of rotatable bonds is 5. The SMILES string of the molecule is COC(=O)C12CC1c1cc(O)ccc1-c1c(C3CCCCC3)c3ccc(C(=O)NS(=O)(=O)N(C)C)cc3n1C2. The molecule has 2 unspecified atom stereocenters. The van der Waals surface area contributed by atoms with Crippen LogP contribution in [-0.4, -0.2) is 55.5 Å². The number of benzene rings is 2. The molecule has 0 radical (unpaired) electrons. The molecule has 0 saturated heterocycles. The summed E-state index contributed by atoms with van der Waals surface area (Å²) in [5, 5.41) is 11.4. The van der Waals surface area contributed by atoms with Gasteiger partial charge < -0.3 is 14.4 Å². The summed E-state index contributed by atoms with van der Waals surface area (Å²) in [5.74, 6) is -0.619. The van der Waals surface area contributed by atoms with E-state index in [2.05, 4.69) is 9.29 Å². The number of amides is 1. The summed E-state index contributed by atoms with van der Waals surface area (Å²) >= 11 is 0. The Morgan fingerprint density at radius 2 is 1.85 bits per heavy atom. The number of hydrogen-bond donors (Lipinski definition) is 2. The smallest absolute Gasteiger partial charge is 0.314 e. The fourth-order valence-corrected chi connectivity index (χ4v) is 7.30. The van der Waals surface area contributed by atoms with Crippen LogP contribution in [0, 0.1) is 5.41 Å². The van der Waals surface area contributed by atoms with Crippen LogP contribution in [0.15, 0.2) is 36.4 Å². The average molecular weight is 552 g/mol. The summed E-state index contributed by atoms with van der Waals surface area (Å²) in [7, 11) is 0.151. The molecule has 39 heavy (non-hydrogen) atoms. The lowest BCUT2D eigenvalue weighted by Gasteiger charge is -2.24. The van der Waals surface area contributed by atoms with Gasteiger partial charge in [0.1, 0.15) is 5.75 Å². The van der Waals surface area contributed by atoms with Gasteiger partial charge in [-0.15, -0.1) is 0 Å². The van der Waals surface area contributed by atoms with Crippen LogP contribution in [0.5, 0.6) is 5.75 Å². The molecule has 1 amide bonds. The number of hydrogen-bond acceptors (Lipinski definition) is 6. The Kier molecular flexibility index (Phi) is 6.03. The van der Waals surface area contributed by atoms with Gasteiger partial charge in [0.15, 0.2) is 0 Å². The van der Waals surface area contributed by atoms with Crippen molar-refractivity contribution >= 4 is 33.0 Å². The Bertz CT molecular complexity index is 1620. The van der Waals surface area contributed by atoms with Crippen LogP contribution in [0.4, 0.5) is 0 Å². The molecule has 3 aliphatic rings. The Balaban J connectivity index is 1.60. The summed E-state index contributed by atoms with van der Waals surface area (Å²) < 4.78 is 35.2. The molecule has 2 fully saturated rings. The third-order valence-corrected chi connectivity index (χ3v) is 10.3. The van der Waals surface area contributed by atoms with Crippen molar-refractivity contribution in [3.63, 3.8) is 0 Å². The van der Waals surface area contributed by atoms with Gasteiger partial charge in [-0.05, 0) is 66.6 Å². The van der Waals surface area contributed by atoms with Gasteiger partial charge in [0.05, 0.1) is 18.2 Å². The molecule has 9 nitrogen and oxygen atoms in total. The van der Waals surface area contributed by atoms with Crippen LogP contribution in [0.2, 0.25) is 0 Å². The third kappa shape index (κ3) is 4.03. The molecule has 1 aliphatic heterocycles. The number of methoxy groups -OCH3 is 1. The van der Waals surface area contributed by atoms with Gasteiger partial charge >= 0.3 is 16.2 Å². The van der Waals surface area contributed by atoms with Crippen molar-refractivity contribution in [1.82, 2.24) is 13.6 Å². The van der Waals surface area contributed by atoms with Crippen molar-refractivity contribution in [2.45, 2.75) is 56.9 Å². The molecule has 1 aromatic heterocycles. The van der Waals surface area contributed by atoms with Gasteiger partial charge in [-0.1, -0.05) is 25.3 Å². The first-order valence-electron chi connectivity index (χ1n) is 13.4. The zero-order chi connectivity index (χ0) is 27.7. The number of nitrogens with zero attached hydrogens (tertiary/aromatic N) is 2. The predicted molar refractivity (Wildman–Crippen MR) is 147 cm³/mol. The normalized spacial score (nSPS) is 22.5. The predicted octanol–water partition coefficient (Wildman–Crippen LogP) is 4.26. The van der Waals surface area contributed by atoms with E-state index in [0.717, 1.165) is 57.7 Å². The van der Waals surface area contributed by atoms with E-state index < -0.39 is 21.5 Å². The van der Waals surface area contributed by atoms with Crippen LogP contribution in [-0.2, 0) is 26.3 Å². The van der Waals surface area contributed by atoms with E-state index in [1.165, 1.54) is 33.2 Å². The van der Waals surface area contributed by atoms with E-state index in [1.807, 2.05) is 12.1 Å². The molecule has 2 heterocycles. The molecular formula is C29H33N3O6S. The lowest BCUT2D eigenvalue weighted by molar-refractivity contribution is -0.147. The summed E-state index contributed by atoms with van der Waals surface area (Å²) in [6.45, 7) is 0.374. The topological polar surface area (TPSA) is 118 Å². The van der Waals surface area contributed by atoms with Crippen LogP contribution in [0.3, 0.4) is 0 Å². The molecule has 206 valence electrons. The van der Waals surface area contributed by atoms with E-state index >= 15 is 0 Å². The zero-order valence-corrected chi connectivity index (χ0v) is 23.2. The molecule has 2 aromatic carbocycles. The number of esters is 1. The third-order valence-electron chi connectivity index (χ3n) is 8.85. The number of nitrogens with one attached hydrogen (secondary N) is 1. The molecular weight excluding hydrogens is 518 g/mol. The molecule has 2 saturated carbocycles. The second-order valence-corrected chi connectivity index (χ2v) is 13.2. The van der Waals surface area contributed by atoms with Gasteiger partial charge in [0.2, 0.25) is 0 Å². The van der Waals surface area contributed by atoms with E-state index in [0.29, 0.717) is 18.9 Å². The molecule has 2 aliphatic carbocycles. The van der Waals surface area contributed by atoms with E-state index in [1.54, 1.807) is 24.3 Å². The lowest BCUT2D eigenvalue weighted by Crippen LogP contribution is -2.39. The fourth-order valence-electron chi connectivity index (χ4n) is 6.76. The number of carbonyl (C=O) groups excluding carboxylic acids is 2. The number of fused-ring (bicyclic) bond motifs is 7. The highest BCUT2D eigenvalue weighted by Gasteiger charge is 2.63. The van der Waals surface area contributed by atoms with Crippen LogP contribution < -0.4 is 4.72 Å². The lowest BCUT2D eigenvalue weighted by atomic mass is 9.81. The van der Waals surface area contributed by atoms with Crippen molar-refractivity contribution in [3.05, 3.63) is 53.1 Å². The quantitative estimate of drug-likeness (QED) is 0.458. The number of ether oxygens (including phenoxy) is 1. The van der Waals surface area contributed by atoms with Crippen molar-refractivity contribution in [2.75, 3.05) is 21.2 Å². The Labute approximate surface area is 227 Å². The van der Waals surface area contributed by atoms with E-state index in [9.17, 15) is 23.1 Å². The molecule has 0 spiro atoms. The highest BCUT2D eigenvalue weighted by Crippen LogP contribution is 2.65. The molecule has 0 bridgehead atoms. The maximum atomic E-state index is 13.2. The minimum atomic E-state index is -3.96. The summed E-state index contributed by atoms with van der Waals surface area (Å²) in [6.07, 6.45) is 6.18. The van der Waals surface area contributed by atoms with Crippen molar-refractivity contribution in [3.8, 4) is 17.0 Å². The average Bonchev–Trinajstić information content (AvgIpc) is 3.58. The first kappa shape index (κ1) is 25.9. The number of aromatic hydroxyl groups is 1. The Morgan fingerprint density at radius 1 is 1.10 bits per heavy atom. The standard InChI is InChI=1S/C29H33N3O6S/c1-31(2)39(36,37)30-27(34)18-9-11-21-24(13-18)32-16-29(28(35)38-3)15-23(29)22-14-19(33)10-12-20(22)26(32)25(21)17-7-5-4-6-8-17/h9-14,17,23,33H,4-8,15-16H2,1-3H3,(H,30,34). The van der Waals surface area contributed by atoms with Gasteiger partial charge in [-0.3, -0.25) is 9.59 Å². The van der Waals surface area contributed by atoms with Crippen molar-refractivity contribution < 1.29 is 27.9 Å². The molecule has 3 aromatic rings. The minimum Gasteiger partial charge on any atom is -0.508 e. The molecule has 2 N–H and O–H groups in total. The Hall–Kier alpha value is -3.37. The zero-order valence-electron chi connectivity index (χ0n) is 22.4. The van der Waals surface area contributed by atoms with E-state index in [-0.39, 0.29) is 23.2 Å².